The zero-order valence-corrected chi connectivity index (χ0v) is 19.6. The Kier molecular flexibility index (Phi) is 6.72. The molecule has 7 heteroatoms. The Morgan fingerprint density at radius 2 is 1.67 bits per heavy atom. The number of hydrazone groups is 1. The summed E-state index contributed by atoms with van der Waals surface area (Å²) in [6, 6.07) is 21.8. The third-order valence-electron chi connectivity index (χ3n) is 5.83. The van der Waals surface area contributed by atoms with Crippen molar-refractivity contribution in [3.8, 4) is 0 Å². The summed E-state index contributed by atoms with van der Waals surface area (Å²) < 4.78 is 26.9. The molecule has 1 amide bonds. The first-order valence-electron chi connectivity index (χ1n) is 10.9. The van der Waals surface area contributed by atoms with Crippen molar-refractivity contribution in [2.24, 2.45) is 5.10 Å². The molecule has 3 aromatic carbocycles. The molecule has 33 heavy (non-hydrogen) atoms. The number of nitrogens with zero attached hydrogens (tertiary/aromatic N) is 2. The van der Waals surface area contributed by atoms with Crippen molar-refractivity contribution in [3.63, 3.8) is 0 Å². The van der Waals surface area contributed by atoms with Gasteiger partial charge in [-0.1, -0.05) is 54.1 Å². The van der Waals surface area contributed by atoms with Crippen LogP contribution in [-0.4, -0.2) is 31.4 Å². The lowest BCUT2D eigenvalue weighted by molar-refractivity contribution is 0.0954. The Hall–Kier alpha value is -3.29. The Morgan fingerprint density at radius 3 is 2.39 bits per heavy atom. The van der Waals surface area contributed by atoms with Gasteiger partial charge in [0.25, 0.3) is 5.91 Å². The van der Waals surface area contributed by atoms with Gasteiger partial charge in [0.1, 0.15) is 0 Å². The second-order valence-electron chi connectivity index (χ2n) is 8.28. The molecule has 1 aliphatic carbocycles. The molecule has 0 bridgehead atoms. The van der Waals surface area contributed by atoms with Crippen molar-refractivity contribution in [3.05, 3.63) is 101 Å². The van der Waals surface area contributed by atoms with Crippen LogP contribution < -0.4 is 5.43 Å². The van der Waals surface area contributed by atoms with Crippen LogP contribution in [0, 0.1) is 6.92 Å². The topological polar surface area (TPSA) is 78.8 Å². The number of nitrogens with one attached hydrogen (secondary N) is 1. The summed E-state index contributed by atoms with van der Waals surface area (Å²) in [5.74, 6) is -0.294. The van der Waals surface area contributed by atoms with Crippen LogP contribution in [0.1, 0.15) is 45.5 Å². The van der Waals surface area contributed by atoms with Gasteiger partial charge in [-0.3, -0.25) is 4.79 Å². The zero-order valence-electron chi connectivity index (χ0n) is 18.8. The molecule has 0 aromatic heterocycles. The van der Waals surface area contributed by atoms with E-state index in [0.717, 1.165) is 41.7 Å². The molecule has 0 heterocycles. The van der Waals surface area contributed by atoms with E-state index in [1.807, 2.05) is 25.1 Å². The summed E-state index contributed by atoms with van der Waals surface area (Å²) in [6.45, 7) is 2.12. The van der Waals surface area contributed by atoms with Crippen molar-refractivity contribution >= 4 is 21.6 Å². The molecule has 0 spiro atoms. The first-order valence-corrected chi connectivity index (χ1v) is 12.4. The lowest BCUT2D eigenvalue weighted by atomic mass is 9.90. The summed E-state index contributed by atoms with van der Waals surface area (Å²) in [6.07, 6.45) is 2.87. The highest BCUT2D eigenvalue weighted by molar-refractivity contribution is 7.89. The summed E-state index contributed by atoms with van der Waals surface area (Å²) in [5.41, 5.74) is 8.17. The number of aryl methyl sites for hydroxylation is 2. The molecule has 4 rings (SSSR count). The normalized spacial score (nSPS) is 14.8. The van der Waals surface area contributed by atoms with Crippen LogP contribution in [0.4, 0.5) is 0 Å². The Balaban J connectivity index is 1.41. The van der Waals surface area contributed by atoms with E-state index in [4.69, 9.17) is 0 Å². The van der Waals surface area contributed by atoms with Crippen LogP contribution in [-0.2, 0) is 23.0 Å². The maximum atomic E-state index is 12.8. The summed E-state index contributed by atoms with van der Waals surface area (Å²) in [4.78, 5) is 12.8. The second-order valence-corrected chi connectivity index (χ2v) is 10.3. The third kappa shape index (κ3) is 5.21. The van der Waals surface area contributed by atoms with E-state index < -0.39 is 10.0 Å². The number of benzene rings is 3. The first-order chi connectivity index (χ1) is 15.8. The third-order valence-corrected chi connectivity index (χ3v) is 7.65. The van der Waals surface area contributed by atoms with E-state index in [0.29, 0.717) is 5.56 Å². The lowest BCUT2D eigenvalue weighted by Crippen LogP contribution is -2.26. The highest BCUT2D eigenvalue weighted by Gasteiger charge is 2.21. The molecule has 0 fully saturated rings. The zero-order chi connectivity index (χ0) is 23.4. The molecule has 0 atom stereocenters. The van der Waals surface area contributed by atoms with Crippen LogP contribution in [0.2, 0.25) is 0 Å². The molecule has 3 aromatic rings. The number of fused-ring (bicyclic) bond motifs is 1. The van der Waals surface area contributed by atoms with Gasteiger partial charge in [-0.2, -0.15) is 9.41 Å². The van der Waals surface area contributed by atoms with Gasteiger partial charge in [-0.25, -0.2) is 13.8 Å². The standard InChI is InChI=1S/C26H27N3O3S/c1-19-10-16-23(17-11-19)33(31,32)29(2)18-20-12-14-22(15-13-20)26(30)28-27-25-9-5-7-21-6-3-4-8-24(21)25/h3-4,6,8,10-17H,5,7,9,18H2,1-2H3,(H,28,30). The largest absolute Gasteiger partial charge is 0.271 e. The summed E-state index contributed by atoms with van der Waals surface area (Å²) in [7, 11) is -2.04. The Morgan fingerprint density at radius 1 is 0.970 bits per heavy atom. The first kappa shape index (κ1) is 22.9. The van der Waals surface area contributed by atoms with Crippen molar-refractivity contribution in [1.82, 2.24) is 9.73 Å². The molecular weight excluding hydrogens is 434 g/mol. The van der Waals surface area contributed by atoms with Crippen LogP contribution in [0.5, 0.6) is 0 Å². The lowest BCUT2D eigenvalue weighted by Gasteiger charge is -2.18. The number of amides is 1. The number of carbonyl (C=O) groups excluding carboxylic acids is 1. The fourth-order valence-corrected chi connectivity index (χ4v) is 5.05. The van der Waals surface area contributed by atoms with E-state index >= 15 is 0 Å². The minimum absolute atomic E-state index is 0.206. The fourth-order valence-electron chi connectivity index (χ4n) is 3.89. The minimum atomic E-state index is -3.59. The Bertz CT molecular complexity index is 1280. The van der Waals surface area contributed by atoms with Gasteiger partial charge in [0.2, 0.25) is 10.0 Å². The van der Waals surface area contributed by atoms with E-state index in [9.17, 15) is 13.2 Å². The number of carbonyl (C=O) groups is 1. The molecule has 0 aliphatic heterocycles. The highest BCUT2D eigenvalue weighted by atomic mass is 32.2. The number of rotatable bonds is 6. The van der Waals surface area contributed by atoms with Gasteiger partial charge in [-0.15, -0.1) is 0 Å². The SMILES string of the molecule is Cc1ccc(S(=O)(=O)N(C)Cc2ccc(C(=O)NN=C3CCCc4ccccc43)cc2)cc1. The second kappa shape index (κ2) is 9.68. The van der Waals surface area contributed by atoms with Gasteiger partial charge in [0, 0.05) is 24.7 Å². The molecule has 6 nitrogen and oxygen atoms in total. The summed E-state index contributed by atoms with van der Waals surface area (Å²) >= 11 is 0. The van der Waals surface area contributed by atoms with Crippen molar-refractivity contribution in [2.45, 2.75) is 37.6 Å². The van der Waals surface area contributed by atoms with Gasteiger partial charge in [0.05, 0.1) is 10.6 Å². The summed E-state index contributed by atoms with van der Waals surface area (Å²) in [5, 5.41) is 4.37. The van der Waals surface area contributed by atoms with Gasteiger partial charge >= 0.3 is 0 Å². The predicted octanol–water partition coefficient (Wildman–Crippen LogP) is 4.29. The number of hydrogen-bond donors (Lipinski definition) is 1. The Labute approximate surface area is 195 Å². The highest BCUT2D eigenvalue weighted by Crippen LogP contribution is 2.21. The molecule has 0 unspecified atom stereocenters. The van der Waals surface area contributed by atoms with E-state index in [-0.39, 0.29) is 17.3 Å². The number of sulfonamides is 1. The van der Waals surface area contributed by atoms with Crippen molar-refractivity contribution in [2.75, 3.05) is 7.05 Å². The van der Waals surface area contributed by atoms with Gasteiger partial charge < -0.3 is 0 Å². The predicted molar refractivity (Wildman–Crippen MR) is 130 cm³/mol. The molecule has 1 N–H and O–H groups in total. The molecule has 1 aliphatic rings. The molecule has 170 valence electrons. The smallest absolute Gasteiger partial charge is 0.267 e. The quantitative estimate of drug-likeness (QED) is 0.557. The van der Waals surface area contributed by atoms with Gasteiger partial charge in [0.15, 0.2) is 0 Å². The molecule has 0 saturated heterocycles. The van der Waals surface area contributed by atoms with Crippen LogP contribution in [0.3, 0.4) is 0 Å². The van der Waals surface area contributed by atoms with Gasteiger partial charge in [-0.05, 0) is 61.6 Å². The monoisotopic (exact) mass is 461 g/mol. The molecule has 0 saturated carbocycles. The molecular formula is C26H27N3O3S. The fraction of sp³-hybridized carbons (Fsp3) is 0.231. The van der Waals surface area contributed by atoms with Crippen LogP contribution in [0.15, 0.2) is 82.8 Å². The number of hydrogen-bond acceptors (Lipinski definition) is 4. The average Bonchev–Trinajstić information content (AvgIpc) is 2.83. The average molecular weight is 462 g/mol. The van der Waals surface area contributed by atoms with E-state index in [1.54, 1.807) is 55.6 Å². The van der Waals surface area contributed by atoms with Crippen molar-refractivity contribution < 1.29 is 13.2 Å². The van der Waals surface area contributed by atoms with E-state index in [1.165, 1.54) is 9.87 Å². The minimum Gasteiger partial charge on any atom is -0.267 e. The van der Waals surface area contributed by atoms with E-state index in [2.05, 4.69) is 16.6 Å². The maximum Gasteiger partial charge on any atom is 0.271 e. The maximum absolute atomic E-state index is 12.8. The van der Waals surface area contributed by atoms with Crippen molar-refractivity contribution in [1.29, 1.82) is 0 Å². The van der Waals surface area contributed by atoms with Crippen LogP contribution >= 0.6 is 0 Å². The van der Waals surface area contributed by atoms with Crippen LogP contribution in [0.25, 0.3) is 0 Å². The molecule has 0 radical (unpaired) electrons.